The summed E-state index contributed by atoms with van der Waals surface area (Å²) in [5, 5.41) is 3.29. The van der Waals surface area contributed by atoms with Crippen molar-refractivity contribution >= 4 is 33.3 Å². The third-order valence-electron chi connectivity index (χ3n) is 4.60. The molecule has 2 aromatic carbocycles. The molecule has 1 amide bonds. The van der Waals surface area contributed by atoms with E-state index in [1.165, 1.54) is 4.70 Å². The average molecular weight is 388 g/mol. The molecule has 4 aromatic rings. The van der Waals surface area contributed by atoms with E-state index >= 15 is 0 Å². The molecule has 0 bridgehead atoms. The highest BCUT2D eigenvalue weighted by atomic mass is 32.1. The van der Waals surface area contributed by atoms with Crippen LogP contribution in [-0.2, 0) is 11.3 Å². The third kappa shape index (κ3) is 3.42. The van der Waals surface area contributed by atoms with Crippen LogP contribution >= 0.6 is 11.3 Å². The van der Waals surface area contributed by atoms with Gasteiger partial charge in [-0.1, -0.05) is 42.0 Å². The van der Waals surface area contributed by atoms with Gasteiger partial charge in [0.25, 0.3) is 5.91 Å². The van der Waals surface area contributed by atoms with Crippen molar-refractivity contribution in [2.75, 3.05) is 0 Å². The number of fused-ring (bicyclic) bond motifs is 1. The van der Waals surface area contributed by atoms with Crippen molar-refractivity contribution in [3.05, 3.63) is 71.6 Å². The van der Waals surface area contributed by atoms with Gasteiger partial charge in [0.1, 0.15) is 6.54 Å². The minimum atomic E-state index is -0.383. The molecule has 0 fully saturated rings. The molecule has 4 N–H and O–H groups in total. The molecule has 4 rings (SSSR count). The van der Waals surface area contributed by atoms with Gasteiger partial charge in [-0.15, -0.1) is 11.3 Å². The lowest BCUT2D eigenvalue weighted by atomic mass is 10.1. The minimum absolute atomic E-state index is 0.0632. The number of rotatable bonds is 4. The predicted octanol–water partition coefficient (Wildman–Crippen LogP) is 4.15. The lowest BCUT2D eigenvalue weighted by Gasteiger charge is -2.12. The van der Waals surface area contributed by atoms with Crippen molar-refractivity contribution < 1.29 is 4.79 Å². The molecule has 0 aliphatic heterocycles. The average Bonchev–Trinajstić information content (AvgIpc) is 3.25. The summed E-state index contributed by atoms with van der Waals surface area (Å²) >= 11 is 1.69. The Bertz CT molecular complexity index is 1200. The monoisotopic (exact) mass is 388 g/mol. The highest BCUT2D eigenvalue weighted by Gasteiger charge is 2.17. The molecule has 0 spiro atoms. The van der Waals surface area contributed by atoms with E-state index in [9.17, 15) is 4.79 Å². The van der Waals surface area contributed by atoms with Gasteiger partial charge in [-0.2, -0.15) is 4.99 Å². The zero-order valence-corrected chi connectivity index (χ0v) is 16.2. The number of hydrogen-bond donors (Lipinski definition) is 2. The summed E-state index contributed by atoms with van der Waals surface area (Å²) in [7, 11) is 0. The quantitative estimate of drug-likeness (QED) is 0.407. The fraction of sp³-hybridized carbons (Fsp3) is 0.0909. The molecule has 2 heterocycles. The number of carbonyl (C=O) groups excluding carboxylic acids is 1. The Morgan fingerprint density at radius 3 is 2.61 bits per heavy atom. The van der Waals surface area contributed by atoms with Crippen LogP contribution in [0.25, 0.3) is 32.6 Å². The van der Waals surface area contributed by atoms with Crippen LogP contribution in [0.3, 0.4) is 0 Å². The SMILES string of the molecule is Cc1cccc(-c2ccc(-c3csc4ccccc34)n2CC(=O)N=C(N)N)c1. The third-order valence-corrected chi connectivity index (χ3v) is 5.56. The van der Waals surface area contributed by atoms with Crippen LogP contribution < -0.4 is 11.5 Å². The van der Waals surface area contributed by atoms with Crippen LogP contribution in [-0.4, -0.2) is 16.4 Å². The Morgan fingerprint density at radius 2 is 1.82 bits per heavy atom. The molecule has 2 aromatic heterocycles. The fourth-order valence-corrected chi connectivity index (χ4v) is 4.37. The first-order valence-corrected chi connectivity index (χ1v) is 9.76. The number of nitrogens with zero attached hydrogens (tertiary/aromatic N) is 2. The summed E-state index contributed by atoms with van der Waals surface area (Å²) in [5.74, 6) is -0.609. The first kappa shape index (κ1) is 18.0. The second-order valence-corrected chi connectivity index (χ2v) is 7.55. The van der Waals surface area contributed by atoms with Gasteiger partial charge in [-0.25, -0.2) is 0 Å². The maximum atomic E-state index is 12.4. The van der Waals surface area contributed by atoms with Crippen molar-refractivity contribution in [2.45, 2.75) is 13.5 Å². The van der Waals surface area contributed by atoms with Gasteiger partial charge in [0.15, 0.2) is 5.96 Å². The number of nitrogens with two attached hydrogens (primary N) is 2. The number of aryl methyl sites for hydroxylation is 1. The van der Waals surface area contributed by atoms with E-state index in [0.717, 1.165) is 33.5 Å². The van der Waals surface area contributed by atoms with Crippen LogP contribution in [0.2, 0.25) is 0 Å². The Kier molecular flexibility index (Phi) is 4.71. The van der Waals surface area contributed by atoms with Gasteiger partial charge >= 0.3 is 0 Å². The molecule has 0 aliphatic rings. The molecule has 0 saturated carbocycles. The van der Waals surface area contributed by atoms with E-state index in [0.29, 0.717) is 0 Å². The number of guanidine groups is 1. The summed E-state index contributed by atoms with van der Waals surface area (Å²) in [4.78, 5) is 16.1. The molecule has 0 radical (unpaired) electrons. The zero-order chi connectivity index (χ0) is 19.7. The predicted molar refractivity (Wildman–Crippen MR) is 116 cm³/mol. The second kappa shape index (κ2) is 7.32. The smallest absolute Gasteiger partial charge is 0.268 e. The van der Waals surface area contributed by atoms with Crippen LogP contribution in [0, 0.1) is 6.92 Å². The van der Waals surface area contributed by atoms with E-state index in [1.54, 1.807) is 11.3 Å². The van der Waals surface area contributed by atoms with Gasteiger partial charge in [0.05, 0.1) is 5.69 Å². The Balaban J connectivity index is 1.89. The Morgan fingerprint density at radius 1 is 1.04 bits per heavy atom. The van der Waals surface area contributed by atoms with Crippen molar-refractivity contribution in [1.82, 2.24) is 4.57 Å². The summed E-state index contributed by atoms with van der Waals surface area (Å²) < 4.78 is 3.19. The van der Waals surface area contributed by atoms with E-state index in [-0.39, 0.29) is 18.4 Å². The number of benzene rings is 2. The van der Waals surface area contributed by atoms with Crippen molar-refractivity contribution in [1.29, 1.82) is 0 Å². The number of aromatic nitrogens is 1. The topological polar surface area (TPSA) is 86.4 Å². The minimum Gasteiger partial charge on any atom is -0.370 e. The largest absolute Gasteiger partial charge is 0.370 e. The number of aliphatic imine (C=N–C) groups is 1. The molecule has 140 valence electrons. The molecule has 0 saturated heterocycles. The molecule has 0 atom stereocenters. The second-order valence-electron chi connectivity index (χ2n) is 6.64. The highest BCUT2D eigenvalue weighted by Crippen LogP contribution is 2.37. The molecule has 6 heteroatoms. The summed E-state index contributed by atoms with van der Waals surface area (Å²) in [5.41, 5.74) is 16.0. The number of amides is 1. The highest BCUT2D eigenvalue weighted by molar-refractivity contribution is 7.17. The summed E-state index contributed by atoms with van der Waals surface area (Å²) in [6.45, 7) is 2.11. The van der Waals surface area contributed by atoms with E-state index in [4.69, 9.17) is 11.5 Å². The molecule has 0 aliphatic carbocycles. The first-order valence-electron chi connectivity index (χ1n) is 8.88. The molecular formula is C22H20N4OS. The molecule has 28 heavy (non-hydrogen) atoms. The Labute approximate surface area is 166 Å². The number of thiophene rings is 1. The molecule has 0 unspecified atom stereocenters. The van der Waals surface area contributed by atoms with Gasteiger partial charge in [-0.05, 0) is 36.8 Å². The standard InChI is InChI=1S/C22H20N4OS/c1-14-5-4-6-15(11-14)18-9-10-19(26(18)12-21(27)25-22(23)24)17-13-28-20-8-3-2-7-16(17)20/h2-11,13H,12H2,1H3,(H4,23,24,25,27). The summed E-state index contributed by atoms with van der Waals surface area (Å²) in [6.07, 6.45) is 0. The van der Waals surface area contributed by atoms with Gasteiger partial charge < -0.3 is 16.0 Å². The van der Waals surface area contributed by atoms with Crippen LogP contribution in [0.5, 0.6) is 0 Å². The van der Waals surface area contributed by atoms with Gasteiger partial charge in [-0.3, -0.25) is 4.79 Å². The Hall–Kier alpha value is -3.38. The van der Waals surface area contributed by atoms with Gasteiger partial charge in [0, 0.05) is 26.7 Å². The number of carbonyl (C=O) groups is 1. The van der Waals surface area contributed by atoms with E-state index in [1.807, 2.05) is 34.9 Å². The fourth-order valence-electron chi connectivity index (χ4n) is 3.42. The normalized spacial score (nSPS) is 10.9. The molecule has 5 nitrogen and oxygen atoms in total. The lowest BCUT2D eigenvalue weighted by Crippen LogP contribution is -2.25. The zero-order valence-electron chi connectivity index (χ0n) is 15.4. The maximum absolute atomic E-state index is 12.4. The first-order chi connectivity index (χ1) is 13.5. The van der Waals surface area contributed by atoms with Crippen LogP contribution in [0.1, 0.15) is 5.56 Å². The van der Waals surface area contributed by atoms with Crippen molar-refractivity contribution in [2.24, 2.45) is 16.5 Å². The van der Waals surface area contributed by atoms with Crippen molar-refractivity contribution in [3.63, 3.8) is 0 Å². The van der Waals surface area contributed by atoms with Crippen LogP contribution in [0.15, 0.2) is 71.0 Å². The lowest BCUT2D eigenvalue weighted by molar-refractivity contribution is -0.118. The van der Waals surface area contributed by atoms with E-state index < -0.39 is 0 Å². The van der Waals surface area contributed by atoms with Crippen molar-refractivity contribution in [3.8, 4) is 22.5 Å². The van der Waals surface area contributed by atoms with Crippen LogP contribution in [0.4, 0.5) is 0 Å². The van der Waals surface area contributed by atoms with Gasteiger partial charge in [0.2, 0.25) is 0 Å². The van der Waals surface area contributed by atoms with E-state index in [2.05, 4.69) is 47.6 Å². The summed E-state index contributed by atoms with van der Waals surface area (Å²) in [6, 6.07) is 20.6. The maximum Gasteiger partial charge on any atom is 0.268 e. The number of hydrogen-bond acceptors (Lipinski definition) is 2. The molecular weight excluding hydrogens is 368 g/mol.